The van der Waals surface area contributed by atoms with Crippen molar-refractivity contribution in [3.05, 3.63) is 35.4 Å². The first-order valence-corrected chi connectivity index (χ1v) is 9.80. The Morgan fingerprint density at radius 1 is 1.04 bits per heavy atom. The molecule has 1 aliphatic rings. The van der Waals surface area contributed by atoms with E-state index in [-0.39, 0.29) is 17.9 Å². The first-order chi connectivity index (χ1) is 12.9. The number of methoxy groups -OCH3 is 1. The van der Waals surface area contributed by atoms with Crippen molar-refractivity contribution < 1.29 is 19.1 Å². The summed E-state index contributed by atoms with van der Waals surface area (Å²) in [6, 6.07) is 7.98. The number of piperazine rings is 1. The van der Waals surface area contributed by atoms with E-state index in [9.17, 15) is 9.59 Å². The molecular formula is C22H34N2O4. The summed E-state index contributed by atoms with van der Waals surface area (Å²) in [5, 5.41) is 0. The van der Waals surface area contributed by atoms with E-state index in [2.05, 4.69) is 49.9 Å². The van der Waals surface area contributed by atoms with Gasteiger partial charge in [0.1, 0.15) is 11.6 Å². The van der Waals surface area contributed by atoms with E-state index in [0.29, 0.717) is 19.6 Å². The average Bonchev–Trinajstić information content (AvgIpc) is 2.59. The Bertz CT molecular complexity index is 686. The van der Waals surface area contributed by atoms with Gasteiger partial charge >= 0.3 is 12.1 Å². The van der Waals surface area contributed by atoms with Gasteiger partial charge in [-0.25, -0.2) is 4.79 Å². The molecule has 1 amide bonds. The predicted molar refractivity (Wildman–Crippen MR) is 109 cm³/mol. The molecule has 6 nitrogen and oxygen atoms in total. The number of ether oxygens (including phenoxy) is 2. The van der Waals surface area contributed by atoms with Gasteiger partial charge in [0, 0.05) is 19.6 Å². The normalized spacial score (nSPS) is 18.7. The van der Waals surface area contributed by atoms with Gasteiger partial charge in [0.15, 0.2) is 0 Å². The number of benzene rings is 1. The first kappa shape index (κ1) is 22.2. The zero-order valence-electron chi connectivity index (χ0n) is 18.2. The van der Waals surface area contributed by atoms with Gasteiger partial charge in [0.05, 0.1) is 13.7 Å². The predicted octanol–water partition coefficient (Wildman–Crippen LogP) is 3.58. The highest BCUT2D eigenvalue weighted by molar-refractivity contribution is 5.77. The van der Waals surface area contributed by atoms with Gasteiger partial charge < -0.3 is 14.4 Å². The Hall–Kier alpha value is -2.08. The van der Waals surface area contributed by atoms with E-state index in [1.54, 1.807) is 4.90 Å². The Labute approximate surface area is 168 Å². The number of rotatable bonds is 3. The van der Waals surface area contributed by atoms with Gasteiger partial charge in [-0.1, -0.05) is 45.0 Å². The summed E-state index contributed by atoms with van der Waals surface area (Å²) in [5.74, 6) is -0.334. The second-order valence-electron chi connectivity index (χ2n) is 9.38. The smallest absolute Gasteiger partial charge is 0.410 e. The van der Waals surface area contributed by atoms with Crippen molar-refractivity contribution in [1.29, 1.82) is 0 Å². The van der Waals surface area contributed by atoms with Crippen molar-refractivity contribution in [2.75, 3.05) is 26.7 Å². The van der Waals surface area contributed by atoms with E-state index in [1.165, 1.54) is 12.7 Å². The molecular weight excluding hydrogens is 356 g/mol. The molecule has 1 fully saturated rings. The van der Waals surface area contributed by atoms with Gasteiger partial charge in [-0.2, -0.15) is 0 Å². The highest BCUT2D eigenvalue weighted by atomic mass is 16.6. The number of amides is 1. The molecule has 2 rings (SSSR count). The molecule has 1 atom stereocenters. The van der Waals surface area contributed by atoms with E-state index < -0.39 is 17.7 Å². The van der Waals surface area contributed by atoms with Crippen LogP contribution in [0.3, 0.4) is 0 Å². The van der Waals surface area contributed by atoms with Gasteiger partial charge in [-0.05, 0) is 37.3 Å². The molecule has 0 aromatic heterocycles. The lowest BCUT2D eigenvalue weighted by atomic mass is 9.86. The highest BCUT2D eigenvalue weighted by Crippen LogP contribution is 2.23. The van der Waals surface area contributed by atoms with Crippen LogP contribution in [0.15, 0.2) is 24.3 Å². The molecule has 1 unspecified atom stereocenters. The maximum atomic E-state index is 12.4. The third kappa shape index (κ3) is 5.96. The van der Waals surface area contributed by atoms with Gasteiger partial charge in [-0.3, -0.25) is 9.69 Å². The number of nitrogens with zero attached hydrogens (tertiary/aromatic N) is 2. The SMILES string of the molecule is COC(=O)C1CN(C(=O)OC(C)(C)C)CCN1Cc1ccc(C(C)(C)C)cc1. The monoisotopic (exact) mass is 390 g/mol. The summed E-state index contributed by atoms with van der Waals surface area (Å²) < 4.78 is 10.4. The summed E-state index contributed by atoms with van der Waals surface area (Å²) in [6.07, 6.45) is -0.393. The molecule has 156 valence electrons. The van der Waals surface area contributed by atoms with Crippen LogP contribution in [0.2, 0.25) is 0 Å². The minimum absolute atomic E-state index is 0.103. The Kier molecular flexibility index (Phi) is 6.75. The van der Waals surface area contributed by atoms with Crippen molar-refractivity contribution in [3.63, 3.8) is 0 Å². The fourth-order valence-electron chi connectivity index (χ4n) is 3.21. The second kappa shape index (κ2) is 8.52. The number of esters is 1. The lowest BCUT2D eigenvalue weighted by Gasteiger charge is -2.40. The maximum absolute atomic E-state index is 12.4. The second-order valence-corrected chi connectivity index (χ2v) is 9.38. The van der Waals surface area contributed by atoms with Crippen molar-refractivity contribution in [2.45, 2.75) is 65.1 Å². The molecule has 1 saturated heterocycles. The van der Waals surface area contributed by atoms with Crippen LogP contribution in [0.1, 0.15) is 52.7 Å². The van der Waals surface area contributed by atoms with Crippen molar-refractivity contribution >= 4 is 12.1 Å². The van der Waals surface area contributed by atoms with Gasteiger partial charge in [-0.15, -0.1) is 0 Å². The minimum atomic E-state index is -0.566. The largest absolute Gasteiger partial charge is 0.468 e. The van der Waals surface area contributed by atoms with Crippen LogP contribution >= 0.6 is 0 Å². The fourth-order valence-corrected chi connectivity index (χ4v) is 3.21. The number of hydrogen-bond donors (Lipinski definition) is 0. The molecule has 0 N–H and O–H groups in total. The van der Waals surface area contributed by atoms with E-state index in [1.807, 2.05) is 20.8 Å². The highest BCUT2D eigenvalue weighted by Gasteiger charge is 2.36. The molecule has 28 heavy (non-hydrogen) atoms. The molecule has 1 heterocycles. The molecule has 0 spiro atoms. The molecule has 1 aromatic rings. The summed E-state index contributed by atoms with van der Waals surface area (Å²) in [5.41, 5.74) is 1.94. The van der Waals surface area contributed by atoms with E-state index in [0.717, 1.165) is 5.56 Å². The Balaban J connectivity index is 2.10. The topological polar surface area (TPSA) is 59.1 Å². The fraction of sp³-hybridized carbons (Fsp3) is 0.636. The van der Waals surface area contributed by atoms with Gasteiger partial charge in [0.25, 0.3) is 0 Å². The zero-order chi connectivity index (χ0) is 21.1. The molecule has 0 aliphatic carbocycles. The molecule has 1 aliphatic heterocycles. The van der Waals surface area contributed by atoms with Crippen LogP contribution in [0.4, 0.5) is 4.79 Å². The maximum Gasteiger partial charge on any atom is 0.410 e. The number of carbonyl (C=O) groups excluding carboxylic acids is 2. The molecule has 0 bridgehead atoms. The standard InChI is InChI=1S/C22H34N2O4/c1-21(2,3)17-10-8-16(9-11-17)14-23-12-13-24(15-18(23)19(25)27-7)20(26)28-22(4,5)6/h8-11,18H,12-15H2,1-7H3. The molecule has 6 heteroatoms. The van der Waals surface area contributed by atoms with Gasteiger partial charge in [0.2, 0.25) is 0 Å². The molecule has 0 radical (unpaired) electrons. The quantitative estimate of drug-likeness (QED) is 0.739. The van der Waals surface area contributed by atoms with E-state index in [4.69, 9.17) is 9.47 Å². The molecule has 1 aromatic carbocycles. The summed E-state index contributed by atoms with van der Waals surface area (Å²) in [7, 11) is 1.38. The lowest BCUT2D eigenvalue weighted by Crippen LogP contribution is -2.58. The van der Waals surface area contributed by atoms with Crippen LogP contribution in [0.5, 0.6) is 0 Å². The number of carbonyl (C=O) groups is 2. The van der Waals surface area contributed by atoms with E-state index >= 15 is 0 Å². The van der Waals surface area contributed by atoms with Crippen LogP contribution < -0.4 is 0 Å². The summed E-state index contributed by atoms with van der Waals surface area (Å²) in [6.45, 7) is 14.1. The van der Waals surface area contributed by atoms with Crippen LogP contribution in [-0.2, 0) is 26.2 Å². The van der Waals surface area contributed by atoms with Crippen LogP contribution in [0.25, 0.3) is 0 Å². The van der Waals surface area contributed by atoms with Crippen molar-refractivity contribution in [1.82, 2.24) is 9.80 Å². The Morgan fingerprint density at radius 3 is 2.14 bits per heavy atom. The summed E-state index contributed by atoms with van der Waals surface area (Å²) in [4.78, 5) is 28.4. The Morgan fingerprint density at radius 2 is 1.64 bits per heavy atom. The average molecular weight is 391 g/mol. The third-order valence-corrected chi connectivity index (χ3v) is 4.82. The minimum Gasteiger partial charge on any atom is -0.468 e. The van der Waals surface area contributed by atoms with Crippen LogP contribution in [0, 0.1) is 0 Å². The van der Waals surface area contributed by atoms with Crippen LogP contribution in [-0.4, -0.2) is 60.2 Å². The first-order valence-electron chi connectivity index (χ1n) is 9.80. The lowest BCUT2D eigenvalue weighted by molar-refractivity contribution is -0.149. The number of hydrogen-bond acceptors (Lipinski definition) is 5. The zero-order valence-corrected chi connectivity index (χ0v) is 18.2. The third-order valence-electron chi connectivity index (χ3n) is 4.82. The molecule has 0 saturated carbocycles. The van der Waals surface area contributed by atoms with Crippen molar-refractivity contribution in [2.24, 2.45) is 0 Å². The van der Waals surface area contributed by atoms with Crippen molar-refractivity contribution in [3.8, 4) is 0 Å². The summed E-state index contributed by atoms with van der Waals surface area (Å²) >= 11 is 0.